The highest BCUT2D eigenvalue weighted by atomic mass is 32.2. The number of thioether (sulfide) groups is 1. The molecule has 0 amide bonds. The fourth-order valence-electron chi connectivity index (χ4n) is 0.951. The molecule has 1 aromatic carbocycles. The summed E-state index contributed by atoms with van der Waals surface area (Å²) in [5, 5.41) is 8.43. The van der Waals surface area contributed by atoms with Gasteiger partial charge in [0.05, 0.1) is 6.67 Å². The van der Waals surface area contributed by atoms with Crippen molar-refractivity contribution in [2.45, 2.75) is 11.4 Å². The molecule has 72 valence electrons. The quantitative estimate of drug-likeness (QED) is 0.566. The van der Waals surface area contributed by atoms with Crippen molar-refractivity contribution in [3.8, 4) is 0 Å². The Morgan fingerprint density at radius 2 is 2.00 bits per heavy atom. The zero-order chi connectivity index (χ0) is 9.52. The maximum Gasteiger partial charge on any atom is 0.0988 e. The first-order valence-corrected chi connectivity index (χ1v) is 5.00. The van der Waals surface area contributed by atoms with E-state index >= 15 is 0 Å². The van der Waals surface area contributed by atoms with Crippen LogP contribution in [0.5, 0.6) is 0 Å². The summed E-state index contributed by atoms with van der Waals surface area (Å²) in [5.41, 5.74) is 3.09. The van der Waals surface area contributed by atoms with Crippen LogP contribution in [0.2, 0.25) is 0 Å². The average molecular weight is 201 g/mol. The van der Waals surface area contributed by atoms with Crippen LogP contribution in [0.1, 0.15) is 5.56 Å². The Bertz CT molecular complexity index is 240. The molecule has 0 aliphatic rings. The summed E-state index contributed by atoms with van der Waals surface area (Å²) in [5.74, 6) is 0.498. The average Bonchev–Trinajstić information content (AvgIpc) is 2.17. The number of hydroxylamine groups is 1. The predicted molar refractivity (Wildman–Crippen MR) is 51.8 cm³/mol. The van der Waals surface area contributed by atoms with Crippen LogP contribution < -0.4 is 5.48 Å². The van der Waals surface area contributed by atoms with E-state index < -0.39 is 0 Å². The number of hydrogen-bond acceptors (Lipinski definition) is 3. The van der Waals surface area contributed by atoms with Gasteiger partial charge in [0, 0.05) is 17.2 Å². The minimum Gasteiger partial charge on any atom is -0.316 e. The van der Waals surface area contributed by atoms with Crippen molar-refractivity contribution >= 4 is 11.8 Å². The lowest BCUT2D eigenvalue weighted by atomic mass is 10.2. The number of hydrogen-bond donors (Lipinski definition) is 2. The van der Waals surface area contributed by atoms with E-state index in [1.165, 1.54) is 11.8 Å². The molecular weight excluding hydrogens is 189 g/mol. The lowest BCUT2D eigenvalue weighted by molar-refractivity contribution is 0.161. The number of rotatable bonds is 5. The predicted octanol–water partition coefficient (Wildman–Crippen LogP) is 2.23. The third-order valence-electron chi connectivity index (χ3n) is 1.55. The summed E-state index contributed by atoms with van der Waals surface area (Å²) in [6.07, 6.45) is 0. The molecule has 0 radical (unpaired) electrons. The Hall–Kier alpha value is -0.580. The van der Waals surface area contributed by atoms with Gasteiger partial charge in [0.2, 0.25) is 0 Å². The van der Waals surface area contributed by atoms with E-state index in [1.807, 2.05) is 24.3 Å². The molecule has 0 heterocycles. The van der Waals surface area contributed by atoms with Gasteiger partial charge in [0.1, 0.15) is 0 Å². The number of benzene rings is 1. The van der Waals surface area contributed by atoms with Crippen LogP contribution in [-0.4, -0.2) is 17.6 Å². The Labute approximate surface area is 81.1 Å². The highest BCUT2D eigenvalue weighted by Gasteiger charge is 1.94. The molecule has 0 aliphatic carbocycles. The van der Waals surface area contributed by atoms with Crippen molar-refractivity contribution in [3.05, 3.63) is 29.8 Å². The van der Waals surface area contributed by atoms with Crippen LogP contribution in [0.15, 0.2) is 29.2 Å². The van der Waals surface area contributed by atoms with Crippen LogP contribution in [-0.2, 0) is 6.54 Å². The second-order valence-electron chi connectivity index (χ2n) is 2.52. The van der Waals surface area contributed by atoms with E-state index in [0.717, 1.165) is 10.5 Å². The molecule has 0 aromatic heterocycles. The second-order valence-corrected chi connectivity index (χ2v) is 3.68. The highest BCUT2D eigenvalue weighted by molar-refractivity contribution is 7.99. The summed E-state index contributed by atoms with van der Waals surface area (Å²) >= 11 is 1.49. The summed E-state index contributed by atoms with van der Waals surface area (Å²) in [6, 6.07) is 7.66. The van der Waals surface area contributed by atoms with Crippen LogP contribution >= 0.6 is 11.8 Å². The first kappa shape index (κ1) is 10.5. The molecule has 1 rings (SSSR count). The van der Waals surface area contributed by atoms with Gasteiger partial charge in [-0.15, -0.1) is 11.8 Å². The maximum absolute atomic E-state index is 11.8. The van der Waals surface area contributed by atoms with Crippen LogP contribution in [0.3, 0.4) is 0 Å². The van der Waals surface area contributed by atoms with Gasteiger partial charge in [-0.2, -0.15) is 0 Å². The van der Waals surface area contributed by atoms with E-state index in [9.17, 15) is 4.39 Å². The van der Waals surface area contributed by atoms with Crippen molar-refractivity contribution in [2.75, 3.05) is 12.4 Å². The summed E-state index contributed by atoms with van der Waals surface area (Å²) in [7, 11) is 0. The van der Waals surface area contributed by atoms with Gasteiger partial charge in [-0.05, 0) is 17.7 Å². The topological polar surface area (TPSA) is 32.3 Å². The van der Waals surface area contributed by atoms with Crippen LogP contribution in [0.4, 0.5) is 4.39 Å². The van der Waals surface area contributed by atoms with E-state index in [4.69, 9.17) is 5.21 Å². The van der Waals surface area contributed by atoms with Crippen molar-refractivity contribution in [3.63, 3.8) is 0 Å². The van der Waals surface area contributed by atoms with Gasteiger partial charge in [-0.25, -0.2) is 5.48 Å². The molecule has 0 unspecified atom stereocenters. The maximum atomic E-state index is 11.8. The molecular formula is C9H12FNOS. The Balaban J connectivity index is 2.48. The zero-order valence-electron chi connectivity index (χ0n) is 7.16. The van der Waals surface area contributed by atoms with E-state index in [-0.39, 0.29) is 6.67 Å². The molecule has 1 aromatic rings. The Kier molecular flexibility index (Phi) is 4.82. The fourth-order valence-corrected chi connectivity index (χ4v) is 1.59. The molecule has 0 aliphatic heterocycles. The lowest BCUT2D eigenvalue weighted by Gasteiger charge is -2.01. The number of halogens is 1. The molecule has 0 fully saturated rings. The normalized spacial score (nSPS) is 10.3. The summed E-state index contributed by atoms with van der Waals surface area (Å²) < 4.78 is 11.8. The highest BCUT2D eigenvalue weighted by Crippen LogP contribution is 2.17. The molecule has 2 nitrogen and oxygen atoms in total. The third-order valence-corrected chi connectivity index (χ3v) is 2.52. The monoisotopic (exact) mass is 201 g/mol. The molecule has 2 N–H and O–H groups in total. The lowest BCUT2D eigenvalue weighted by Crippen LogP contribution is -2.05. The standard InChI is InChI=1S/C9H12FNOS/c10-5-6-13-9-3-1-8(2-4-9)7-11-12/h1-4,11-12H,5-7H2. The number of alkyl halides is 1. The minimum absolute atomic E-state index is 0.301. The van der Waals surface area contributed by atoms with E-state index in [2.05, 4.69) is 5.48 Å². The molecule has 0 bridgehead atoms. The van der Waals surface area contributed by atoms with Gasteiger partial charge in [0.25, 0.3) is 0 Å². The molecule has 0 saturated heterocycles. The van der Waals surface area contributed by atoms with Gasteiger partial charge in [-0.3, -0.25) is 4.39 Å². The van der Waals surface area contributed by atoms with Crippen molar-refractivity contribution < 1.29 is 9.60 Å². The SMILES string of the molecule is ONCc1ccc(SCCF)cc1. The molecule has 0 atom stereocenters. The largest absolute Gasteiger partial charge is 0.316 e. The van der Waals surface area contributed by atoms with Crippen LogP contribution in [0.25, 0.3) is 0 Å². The third kappa shape index (κ3) is 3.76. The van der Waals surface area contributed by atoms with Gasteiger partial charge < -0.3 is 5.21 Å². The fraction of sp³-hybridized carbons (Fsp3) is 0.333. The smallest absolute Gasteiger partial charge is 0.0988 e. The Morgan fingerprint density at radius 1 is 1.31 bits per heavy atom. The summed E-state index contributed by atoms with van der Waals surface area (Å²) in [4.78, 5) is 1.05. The van der Waals surface area contributed by atoms with Gasteiger partial charge in [0.15, 0.2) is 0 Å². The van der Waals surface area contributed by atoms with E-state index in [0.29, 0.717) is 12.3 Å². The molecule has 4 heteroatoms. The van der Waals surface area contributed by atoms with Crippen molar-refractivity contribution in [1.29, 1.82) is 0 Å². The number of nitrogens with one attached hydrogen (secondary N) is 1. The summed E-state index contributed by atoms with van der Waals surface area (Å²) in [6.45, 7) is 0.138. The minimum atomic E-state index is -0.301. The van der Waals surface area contributed by atoms with Crippen molar-refractivity contribution in [1.82, 2.24) is 5.48 Å². The first-order valence-electron chi connectivity index (χ1n) is 4.01. The Morgan fingerprint density at radius 3 is 2.54 bits per heavy atom. The molecule has 0 spiro atoms. The van der Waals surface area contributed by atoms with Gasteiger partial charge in [-0.1, -0.05) is 12.1 Å². The van der Waals surface area contributed by atoms with Crippen LogP contribution in [0, 0.1) is 0 Å². The second kappa shape index (κ2) is 5.96. The van der Waals surface area contributed by atoms with Gasteiger partial charge >= 0.3 is 0 Å². The first-order chi connectivity index (χ1) is 6.36. The van der Waals surface area contributed by atoms with E-state index in [1.54, 1.807) is 0 Å². The van der Waals surface area contributed by atoms with Crippen molar-refractivity contribution in [2.24, 2.45) is 0 Å². The zero-order valence-corrected chi connectivity index (χ0v) is 7.98. The molecule has 0 saturated carbocycles. The molecule has 13 heavy (non-hydrogen) atoms.